The van der Waals surface area contributed by atoms with Gasteiger partial charge < -0.3 is 0 Å². The van der Waals surface area contributed by atoms with Crippen LogP contribution in [0.3, 0.4) is 0 Å². The lowest BCUT2D eigenvalue weighted by molar-refractivity contribution is 0.244. The summed E-state index contributed by atoms with van der Waals surface area (Å²) in [6.07, 6.45) is 1.21. The Hall–Kier alpha value is 0.330. The zero-order chi connectivity index (χ0) is 15.7. The van der Waals surface area contributed by atoms with Gasteiger partial charge in [0.1, 0.15) is 0 Å². The van der Waals surface area contributed by atoms with Gasteiger partial charge in [0, 0.05) is 17.2 Å². The Bertz CT molecular complexity index is 611. The summed E-state index contributed by atoms with van der Waals surface area (Å²) in [4.78, 5) is 0. The summed E-state index contributed by atoms with van der Waals surface area (Å²) in [5.74, 6) is 0.989. The average Bonchev–Trinajstić information content (AvgIpc) is 2.81. The van der Waals surface area contributed by atoms with Crippen molar-refractivity contribution in [3.05, 3.63) is 33.8 Å². The number of sulfone groups is 1. The first-order valence-corrected chi connectivity index (χ1v) is 10.2. The molecule has 0 bridgehead atoms. The van der Waals surface area contributed by atoms with E-state index in [1.807, 2.05) is 6.07 Å². The zero-order valence-corrected chi connectivity index (χ0v) is 15.1. The smallest absolute Gasteiger partial charge is 0.150 e. The van der Waals surface area contributed by atoms with Gasteiger partial charge in [0.15, 0.2) is 9.84 Å². The van der Waals surface area contributed by atoms with Crippen molar-refractivity contribution >= 4 is 56.2 Å². The van der Waals surface area contributed by atoms with Gasteiger partial charge >= 0.3 is 0 Å². The van der Waals surface area contributed by atoms with Crippen molar-refractivity contribution in [1.82, 2.24) is 0 Å². The molecule has 1 aromatic rings. The fourth-order valence-corrected chi connectivity index (χ4v) is 6.00. The number of hydrogen-bond acceptors (Lipinski definition) is 2. The molecular formula is C14H16Cl4O2S. The Morgan fingerprint density at radius 3 is 2.29 bits per heavy atom. The summed E-state index contributed by atoms with van der Waals surface area (Å²) in [6.45, 7) is 0. The van der Waals surface area contributed by atoms with Gasteiger partial charge in [0.2, 0.25) is 0 Å². The molecule has 1 fully saturated rings. The summed E-state index contributed by atoms with van der Waals surface area (Å²) in [7, 11) is -2.97. The van der Waals surface area contributed by atoms with Crippen LogP contribution in [0.25, 0.3) is 0 Å². The average molecular weight is 390 g/mol. The van der Waals surface area contributed by atoms with E-state index in [4.69, 9.17) is 46.4 Å². The van der Waals surface area contributed by atoms with Crippen LogP contribution in [-0.2, 0) is 16.3 Å². The van der Waals surface area contributed by atoms with Crippen molar-refractivity contribution in [3.63, 3.8) is 0 Å². The maximum atomic E-state index is 11.7. The second-order valence-corrected chi connectivity index (χ2v) is 9.23. The molecule has 7 heteroatoms. The second kappa shape index (κ2) is 6.84. The van der Waals surface area contributed by atoms with Crippen LogP contribution >= 0.6 is 46.4 Å². The monoisotopic (exact) mass is 388 g/mol. The quantitative estimate of drug-likeness (QED) is 0.697. The Morgan fingerprint density at radius 2 is 1.81 bits per heavy atom. The highest BCUT2D eigenvalue weighted by Crippen LogP contribution is 2.41. The SMILES string of the molecule is O=S1(=O)CCC(C(CCl)(CCl)Cc2ccc(Cl)c(Cl)c2)C1. The van der Waals surface area contributed by atoms with Crippen molar-refractivity contribution in [2.45, 2.75) is 12.8 Å². The third-order valence-corrected chi connectivity index (χ3v) is 7.74. The minimum atomic E-state index is -2.97. The van der Waals surface area contributed by atoms with E-state index in [-0.39, 0.29) is 17.4 Å². The maximum Gasteiger partial charge on any atom is 0.150 e. The van der Waals surface area contributed by atoms with Gasteiger partial charge in [-0.25, -0.2) is 8.42 Å². The van der Waals surface area contributed by atoms with E-state index >= 15 is 0 Å². The molecule has 1 aliphatic heterocycles. The molecule has 1 aliphatic rings. The standard InChI is InChI=1S/C14H16Cl4O2S/c15-8-14(9-16,11-3-4-21(19,20)7-11)6-10-1-2-12(17)13(18)5-10/h1-2,5,11H,3-4,6-9H2. The first-order valence-electron chi connectivity index (χ1n) is 6.58. The van der Waals surface area contributed by atoms with Gasteiger partial charge in [-0.1, -0.05) is 29.3 Å². The van der Waals surface area contributed by atoms with E-state index in [0.717, 1.165) is 5.56 Å². The van der Waals surface area contributed by atoms with Crippen LogP contribution in [-0.4, -0.2) is 31.7 Å². The Morgan fingerprint density at radius 1 is 1.14 bits per heavy atom. The van der Waals surface area contributed by atoms with E-state index in [1.165, 1.54) is 0 Å². The number of alkyl halides is 2. The summed E-state index contributed by atoms with van der Waals surface area (Å²) >= 11 is 24.3. The zero-order valence-electron chi connectivity index (χ0n) is 11.3. The normalized spacial score (nSPS) is 21.6. The lowest BCUT2D eigenvalue weighted by Crippen LogP contribution is -2.37. The molecule has 0 amide bonds. The molecule has 1 saturated heterocycles. The first kappa shape index (κ1) is 17.7. The molecule has 118 valence electrons. The molecule has 2 rings (SSSR count). The second-order valence-electron chi connectivity index (χ2n) is 5.65. The predicted molar refractivity (Wildman–Crippen MR) is 90.8 cm³/mol. The minimum Gasteiger partial charge on any atom is -0.229 e. The molecule has 1 unspecified atom stereocenters. The Kier molecular flexibility index (Phi) is 5.76. The third-order valence-electron chi connectivity index (χ3n) is 4.17. The lowest BCUT2D eigenvalue weighted by Gasteiger charge is -2.35. The molecule has 0 saturated carbocycles. The fraction of sp³-hybridized carbons (Fsp3) is 0.571. The predicted octanol–water partition coefficient (Wildman–Crippen LogP) is 4.43. The summed E-state index contributed by atoms with van der Waals surface area (Å²) in [5, 5.41) is 0.970. The highest BCUT2D eigenvalue weighted by molar-refractivity contribution is 7.91. The van der Waals surface area contributed by atoms with Crippen LogP contribution in [0.4, 0.5) is 0 Å². The van der Waals surface area contributed by atoms with Crippen molar-refractivity contribution < 1.29 is 8.42 Å². The van der Waals surface area contributed by atoms with Gasteiger partial charge in [-0.05, 0) is 36.5 Å². The maximum absolute atomic E-state index is 11.7. The topological polar surface area (TPSA) is 34.1 Å². The van der Waals surface area contributed by atoms with Gasteiger partial charge in [0.05, 0.1) is 21.6 Å². The Labute approximate surface area is 145 Å². The molecule has 2 nitrogen and oxygen atoms in total. The number of hydrogen-bond donors (Lipinski definition) is 0. The molecule has 21 heavy (non-hydrogen) atoms. The van der Waals surface area contributed by atoms with Gasteiger partial charge in [0.25, 0.3) is 0 Å². The van der Waals surface area contributed by atoms with Crippen molar-refractivity contribution in [2.24, 2.45) is 11.3 Å². The molecule has 0 N–H and O–H groups in total. The highest BCUT2D eigenvalue weighted by Gasteiger charge is 2.43. The molecular weight excluding hydrogens is 374 g/mol. The van der Waals surface area contributed by atoms with Crippen LogP contribution in [0, 0.1) is 11.3 Å². The number of benzene rings is 1. The fourth-order valence-electron chi connectivity index (χ4n) is 2.83. The molecule has 0 radical (unpaired) electrons. The molecule has 0 spiro atoms. The highest BCUT2D eigenvalue weighted by atomic mass is 35.5. The Balaban J connectivity index is 2.27. The van der Waals surface area contributed by atoms with Crippen LogP contribution in [0.2, 0.25) is 10.0 Å². The first-order chi connectivity index (χ1) is 9.82. The number of rotatable bonds is 5. The van der Waals surface area contributed by atoms with Crippen molar-refractivity contribution in [2.75, 3.05) is 23.3 Å². The summed E-state index contributed by atoms with van der Waals surface area (Å²) in [5.41, 5.74) is 0.527. The van der Waals surface area contributed by atoms with Crippen molar-refractivity contribution in [3.8, 4) is 0 Å². The van der Waals surface area contributed by atoms with E-state index < -0.39 is 15.3 Å². The third kappa shape index (κ3) is 4.00. The van der Waals surface area contributed by atoms with E-state index in [2.05, 4.69) is 0 Å². The summed E-state index contributed by atoms with van der Waals surface area (Å²) < 4.78 is 23.5. The van der Waals surface area contributed by atoms with Crippen LogP contribution < -0.4 is 0 Å². The molecule has 0 aliphatic carbocycles. The minimum absolute atomic E-state index is 0.0213. The largest absolute Gasteiger partial charge is 0.229 e. The van der Waals surface area contributed by atoms with Crippen molar-refractivity contribution in [1.29, 1.82) is 0 Å². The van der Waals surface area contributed by atoms with Crippen LogP contribution in [0.1, 0.15) is 12.0 Å². The molecule has 1 heterocycles. The van der Waals surface area contributed by atoms with E-state index in [9.17, 15) is 8.42 Å². The van der Waals surface area contributed by atoms with E-state index in [1.54, 1.807) is 12.1 Å². The molecule has 1 atom stereocenters. The molecule has 1 aromatic carbocycles. The van der Waals surface area contributed by atoms with Crippen LogP contribution in [0.5, 0.6) is 0 Å². The van der Waals surface area contributed by atoms with Crippen LogP contribution in [0.15, 0.2) is 18.2 Å². The van der Waals surface area contributed by atoms with Gasteiger partial charge in [-0.15, -0.1) is 23.2 Å². The number of halogens is 4. The molecule has 0 aromatic heterocycles. The van der Waals surface area contributed by atoms with Gasteiger partial charge in [-0.2, -0.15) is 0 Å². The lowest BCUT2D eigenvalue weighted by atomic mass is 9.74. The van der Waals surface area contributed by atoms with E-state index in [0.29, 0.717) is 34.6 Å². The summed E-state index contributed by atoms with van der Waals surface area (Å²) in [6, 6.07) is 5.41. The van der Waals surface area contributed by atoms with Gasteiger partial charge in [-0.3, -0.25) is 0 Å².